The van der Waals surface area contributed by atoms with Crippen LogP contribution in [0, 0.1) is 0 Å². The van der Waals surface area contributed by atoms with E-state index < -0.39 is 0 Å². The van der Waals surface area contributed by atoms with Crippen LogP contribution in [0.1, 0.15) is 82.6 Å². The molecule has 1 aromatic rings. The minimum Gasteiger partial charge on any atom is -0.506 e. The number of carbonyl (C=O) groups excluding carboxylic acids is 1. The topological polar surface area (TPSA) is 62.7 Å². The van der Waals surface area contributed by atoms with E-state index in [1.165, 1.54) is 32.1 Å². The van der Waals surface area contributed by atoms with Gasteiger partial charge in [-0.15, -0.1) is 24.2 Å². The van der Waals surface area contributed by atoms with E-state index in [9.17, 15) is 9.90 Å². The molecule has 5 nitrogen and oxygen atoms in total. The van der Waals surface area contributed by atoms with Gasteiger partial charge in [0.25, 0.3) is 5.91 Å². The van der Waals surface area contributed by atoms with Crippen molar-refractivity contribution in [3.8, 4) is 0 Å². The standard InChI is InChI=1S/C23H34N2O3S.ClH/c1-3-5-6-7-8-9-11-18(10-4-2)28-21-20(26)19-16-29-23(25(19)22(21)27)17-12-14-24-15-13-17;/h12-15,18-19,23,26H,3-11,16H2,1-2H3;1H. The molecule has 0 radical (unpaired) electrons. The first-order valence-electron chi connectivity index (χ1n) is 11.1. The third kappa shape index (κ3) is 5.85. The SMILES string of the molecule is CCCCCCCCC(CCC)OC1=C(O)C2CSC(c3ccncc3)N2C1=O.Cl. The Hall–Kier alpha value is -1.40. The van der Waals surface area contributed by atoms with E-state index in [2.05, 4.69) is 18.8 Å². The fourth-order valence-electron chi connectivity index (χ4n) is 4.14. The molecule has 3 unspecified atom stereocenters. The van der Waals surface area contributed by atoms with Crippen molar-refractivity contribution < 1.29 is 14.6 Å². The number of unbranched alkanes of at least 4 members (excludes halogenated alkanes) is 5. The predicted octanol–water partition coefficient (Wildman–Crippen LogP) is 6.17. The number of aliphatic hydroxyl groups excluding tert-OH is 1. The van der Waals surface area contributed by atoms with Gasteiger partial charge in [-0.05, 0) is 37.0 Å². The second kappa shape index (κ2) is 12.5. The van der Waals surface area contributed by atoms with Gasteiger partial charge in [0.15, 0.2) is 5.76 Å². The highest BCUT2D eigenvalue weighted by Gasteiger charge is 2.49. The average Bonchev–Trinajstić information content (AvgIpc) is 3.27. The van der Waals surface area contributed by atoms with Crippen LogP contribution >= 0.6 is 24.2 Å². The molecule has 0 bridgehead atoms. The van der Waals surface area contributed by atoms with Gasteiger partial charge in [0.05, 0.1) is 6.10 Å². The molecular weight excluding hydrogens is 420 g/mol. The Morgan fingerprint density at radius 2 is 1.83 bits per heavy atom. The quantitative estimate of drug-likeness (QED) is 0.383. The number of hydrogen-bond acceptors (Lipinski definition) is 5. The van der Waals surface area contributed by atoms with Crippen LogP contribution in [-0.4, -0.2) is 38.8 Å². The number of aliphatic hydroxyl groups is 1. The Labute approximate surface area is 191 Å². The summed E-state index contributed by atoms with van der Waals surface area (Å²) in [5.41, 5.74) is 1.03. The maximum atomic E-state index is 13.1. The van der Waals surface area contributed by atoms with Gasteiger partial charge < -0.3 is 14.7 Å². The lowest BCUT2D eigenvalue weighted by Gasteiger charge is -2.24. The molecule has 1 amide bonds. The summed E-state index contributed by atoms with van der Waals surface area (Å²) >= 11 is 1.68. The first kappa shape index (κ1) is 24.9. The lowest BCUT2D eigenvalue weighted by molar-refractivity contribution is -0.131. The van der Waals surface area contributed by atoms with E-state index >= 15 is 0 Å². The molecule has 2 aliphatic heterocycles. The zero-order valence-electron chi connectivity index (χ0n) is 18.1. The van der Waals surface area contributed by atoms with Crippen molar-refractivity contribution in [1.82, 2.24) is 9.88 Å². The zero-order chi connectivity index (χ0) is 20.6. The third-order valence-electron chi connectivity index (χ3n) is 5.74. The average molecular weight is 455 g/mol. The van der Waals surface area contributed by atoms with E-state index in [-0.39, 0.29) is 47.4 Å². The summed E-state index contributed by atoms with van der Waals surface area (Å²) in [4.78, 5) is 19.0. The second-order valence-electron chi connectivity index (χ2n) is 7.99. The Kier molecular flexibility index (Phi) is 10.3. The van der Waals surface area contributed by atoms with Crippen LogP contribution in [0.15, 0.2) is 36.0 Å². The molecule has 2 aliphatic rings. The smallest absolute Gasteiger partial charge is 0.294 e. The summed E-state index contributed by atoms with van der Waals surface area (Å²) in [5, 5.41) is 10.7. The Bertz CT molecular complexity index is 701. The van der Waals surface area contributed by atoms with Gasteiger partial charge in [-0.3, -0.25) is 9.78 Å². The monoisotopic (exact) mass is 454 g/mol. The lowest BCUT2D eigenvalue weighted by atomic mass is 10.0. The number of thioether (sulfide) groups is 1. The van der Waals surface area contributed by atoms with E-state index in [0.717, 1.165) is 31.2 Å². The summed E-state index contributed by atoms with van der Waals surface area (Å²) in [7, 11) is 0. The Morgan fingerprint density at radius 1 is 1.13 bits per heavy atom. The molecule has 0 aromatic carbocycles. The summed E-state index contributed by atoms with van der Waals surface area (Å²) in [6.07, 6.45) is 13.8. The molecule has 3 heterocycles. The van der Waals surface area contributed by atoms with Crippen molar-refractivity contribution >= 4 is 30.1 Å². The van der Waals surface area contributed by atoms with Gasteiger partial charge in [-0.1, -0.05) is 52.4 Å². The number of pyridine rings is 1. The van der Waals surface area contributed by atoms with Gasteiger partial charge in [0, 0.05) is 18.1 Å². The van der Waals surface area contributed by atoms with Gasteiger partial charge in [-0.25, -0.2) is 0 Å². The minimum atomic E-state index is -0.281. The van der Waals surface area contributed by atoms with Gasteiger partial charge >= 0.3 is 0 Å². The molecule has 168 valence electrons. The molecule has 1 N–H and O–H groups in total. The largest absolute Gasteiger partial charge is 0.506 e. The van der Waals surface area contributed by atoms with Crippen molar-refractivity contribution in [3.63, 3.8) is 0 Å². The maximum absolute atomic E-state index is 13.1. The number of rotatable bonds is 12. The first-order chi connectivity index (χ1) is 14.2. The highest BCUT2D eigenvalue weighted by Crippen LogP contribution is 2.47. The van der Waals surface area contributed by atoms with Crippen LogP contribution in [0.25, 0.3) is 0 Å². The van der Waals surface area contributed by atoms with Crippen molar-refractivity contribution in [2.24, 2.45) is 0 Å². The Balaban J connectivity index is 0.00000320. The molecule has 1 saturated heterocycles. The molecule has 30 heavy (non-hydrogen) atoms. The number of halogens is 1. The molecule has 0 saturated carbocycles. The number of amides is 1. The second-order valence-corrected chi connectivity index (χ2v) is 9.11. The van der Waals surface area contributed by atoms with Crippen LogP contribution in [0.5, 0.6) is 0 Å². The molecular formula is C23H35ClN2O3S. The number of nitrogens with zero attached hydrogens (tertiary/aromatic N) is 2. The summed E-state index contributed by atoms with van der Waals surface area (Å²) in [6, 6.07) is 3.58. The van der Waals surface area contributed by atoms with Crippen LogP contribution in [0.3, 0.4) is 0 Å². The molecule has 1 fully saturated rings. The molecule has 3 rings (SSSR count). The van der Waals surface area contributed by atoms with Crippen molar-refractivity contribution in [3.05, 3.63) is 41.6 Å². The van der Waals surface area contributed by atoms with Crippen LogP contribution < -0.4 is 0 Å². The fraction of sp³-hybridized carbons (Fsp3) is 0.652. The van der Waals surface area contributed by atoms with Crippen LogP contribution in [0.4, 0.5) is 0 Å². The highest BCUT2D eigenvalue weighted by atomic mass is 35.5. The fourth-order valence-corrected chi connectivity index (χ4v) is 5.58. The number of hydrogen-bond donors (Lipinski definition) is 1. The van der Waals surface area contributed by atoms with Gasteiger partial charge in [0.1, 0.15) is 11.4 Å². The van der Waals surface area contributed by atoms with Crippen LogP contribution in [0.2, 0.25) is 0 Å². The van der Waals surface area contributed by atoms with Crippen molar-refractivity contribution in [1.29, 1.82) is 0 Å². The lowest BCUT2D eigenvalue weighted by Crippen LogP contribution is -2.33. The summed E-state index contributed by atoms with van der Waals surface area (Å²) < 4.78 is 6.14. The number of fused-ring (bicyclic) bond motifs is 1. The molecule has 0 aliphatic carbocycles. The minimum absolute atomic E-state index is 0. The highest BCUT2D eigenvalue weighted by molar-refractivity contribution is 7.99. The predicted molar refractivity (Wildman–Crippen MR) is 125 cm³/mol. The van der Waals surface area contributed by atoms with Crippen molar-refractivity contribution in [2.45, 2.75) is 89.2 Å². The van der Waals surface area contributed by atoms with Crippen molar-refractivity contribution in [2.75, 3.05) is 5.75 Å². The molecule has 1 aromatic heterocycles. The molecule has 3 atom stereocenters. The molecule has 7 heteroatoms. The maximum Gasteiger partial charge on any atom is 0.294 e. The van der Waals surface area contributed by atoms with E-state index in [4.69, 9.17) is 4.74 Å². The first-order valence-corrected chi connectivity index (χ1v) is 12.2. The van der Waals surface area contributed by atoms with E-state index in [0.29, 0.717) is 5.75 Å². The number of aromatic nitrogens is 1. The van der Waals surface area contributed by atoms with E-state index in [1.54, 1.807) is 29.1 Å². The van der Waals surface area contributed by atoms with Gasteiger partial charge in [-0.2, -0.15) is 0 Å². The molecule has 0 spiro atoms. The normalized spacial score (nSPS) is 21.5. The van der Waals surface area contributed by atoms with Gasteiger partial charge in [0.2, 0.25) is 5.76 Å². The number of ether oxygens (including phenoxy) is 1. The third-order valence-corrected chi connectivity index (χ3v) is 7.07. The zero-order valence-corrected chi connectivity index (χ0v) is 19.7. The van der Waals surface area contributed by atoms with E-state index in [1.807, 2.05) is 12.1 Å². The number of carbonyl (C=O) groups is 1. The summed E-state index contributed by atoms with van der Waals surface area (Å²) in [5.74, 6) is 0.804. The summed E-state index contributed by atoms with van der Waals surface area (Å²) in [6.45, 7) is 4.36. The Morgan fingerprint density at radius 3 is 2.53 bits per heavy atom. The van der Waals surface area contributed by atoms with Crippen LogP contribution in [-0.2, 0) is 9.53 Å².